The fourth-order valence-electron chi connectivity index (χ4n) is 4.62. The summed E-state index contributed by atoms with van der Waals surface area (Å²) in [7, 11) is -3.05. The first-order valence-corrected chi connectivity index (χ1v) is 16.6. The quantitative estimate of drug-likeness (QED) is 0.184. The van der Waals surface area contributed by atoms with E-state index < -0.39 is 69.1 Å². The van der Waals surface area contributed by atoms with Crippen molar-refractivity contribution >= 4 is 30.8 Å². The maximum absolute atomic E-state index is 14.1. The van der Waals surface area contributed by atoms with Crippen LogP contribution in [0.5, 0.6) is 5.88 Å². The number of aryl methyl sites for hydroxylation is 1. The molecule has 0 saturated carbocycles. The normalized spacial score (nSPS) is 23.9. The highest BCUT2D eigenvalue weighted by atomic mass is 31.2. The van der Waals surface area contributed by atoms with Crippen LogP contribution in [-0.4, -0.2) is 98.6 Å². The van der Waals surface area contributed by atoms with Gasteiger partial charge in [-0.2, -0.15) is 4.98 Å². The Balaban J connectivity index is 1.86. The van der Waals surface area contributed by atoms with Gasteiger partial charge in [-0.1, -0.05) is 34.6 Å². The Labute approximate surface area is 269 Å². The van der Waals surface area contributed by atoms with Gasteiger partial charge < -0.3 is 29.2 Å². The topological polar surface area (TPSA) is 203 Å². The minimum atomic E-state index is -4.48. The zero-order chi connectivity index (χ0) is 34.6. The number of imidazole rings is 1. The van der Waals surface area contributed by atoms with Crippen LogP contribution in [0, 0.1) is 18.3 Å². The van der Waals surface area contributed by atoms with Crippen LogP contribution in [0.3, 0.4) is 0 Å². The highest BCUT2D eigenvalue weighted by molar-refractivity contribution is 7.51. The number of hydrogen-bond donors (Lipinski definition) is 3. The van der Waals surface area contributed by atoms with Crippen molar-refractivity contribution in [3.8, 4) is 5.88 Å². The number of hydrogen-bond acceptors (Lipinski definition) is 14. The summed E-state index contributed by atoms with van der Waals surface area (Å²) in [5, 5.41) is 25.1. The summed E-state index contributed by atoms with van der Waals surface area (Å²) in [6, 6.07) is -1.13. The second-order valence-electron chi connectivity index (χ2n) is 13.4. The Bertz CT molecular complexity index is 1410. The van der Waals surface area contributed by atoms with Gasteiger partial charge in [0.2, 0.25) is 5.88 Å². The lowest BCUT2D eigenvalue weighted by Crippen LogP contribution is -2.44. The molecule has 46 heavy (non-hydrogen) atoms. The number of fused-ring (bicyclic) bond motifs is 1. The van der Waals surface area contributed by atoms with Crippen LogP contribution in [0.25, 0.3) is 11.2 Å². The van der Waals surface area contributed by atoms with Gasteiger partial charge in [0.1, 0.15) is 29.7 Å². The zero-order valence-corrected chi connectivity index (χ0v) is 29.1. The first-order chi connectivity index (χ1) is 21.3. The van der Waals surface area contributed by atoms with E-state index in [0.29, 0.717) is 11.3 Å². The fraction of sp³-hybridized carbons (Fsp3) is 0.759. The largest absolute Gasteiger partial charge is 0.479 e. The van der Waals surface area contributed by atoms with Crippen LogP contribution in [-0.2, 0) is 37.4 Å². The van der Waals surface area contributed by atoms with Crippen molar-refractivity contribution in [2.24, 2.45) is 11.3 Å². The molecule has 3 rings (SSSR count). The molecule has 17 heteroatoms. The van der Waals surface area contributed by atoms with E-state index >= 15 is 0 Å². The molecule has 260 valence electrons. The number of aliphatic hydroxyl groups is 2. The van der Waals surface area contributed by atoms with Crippen molar-refractivity contribution in [3.05, 3.63) is 12.2 Å². The van der Waals surface area contributed by atoms with E-state index in [1.54, 1.807) is 20.8 Å². The summed E-state index contributed by atoms with van der Waals surface area (Å²) >= 11 is 0. The second kappa shape index (κ2) is 15.0. The molecular weight excluding hydrogens is 625 g/mol. The molecule has 3 heterocycles. The van der Waals surface area contributed by atoms with Crippen LogP contribution in [0.15, 0.2) is 6.33 Å². The first kappa shape index (κ1) is 37.7. The Hall–Kier alpha value is -2.72. The summed E-state index contributed by atoms with van der Waals surface area (Å²) in [6.07, 6.45) is -2.90. The smallest absolute Gasteiger partial charge is 0.406 e. The molecule has 0 spiro atoms. The number of aliphatic hydroxyl groups excluding tert-OH is 1. The van der Waals surface area contributed by atoms with Gasteiger partial charge in [0.15, 0.2) is 24.0 Å². The van der Waals surface area contributed by atoms with E-state index in [2.05, 4.69) is 20.0 Å². The number of ether oxygens (including phenoxy) is 4. The van der Waals surface area contributed by atoms with Gasteiger partial charge in [-0.05, 0) is 45.4 Å². The van der Waals surface area contributed by atoms with E-state index in [4.69, 9.17) is 28.0 Å². The van der Waals surface area contributed by atoms with E-state index in [1.165, 1.54) is 24.9 Å². The lowest BCUT2D eigenvalue weighted by atomic mass is 9.96. The van der Waals surface area contributed by atoms with Crippen LogP contribution < -0.4 is 9.82 Å². The summed E-state index contributed by atoms with van der Waals surface area (Å²) < 4.78 is 48.6. The van der Waals surface area contributed by atoms with Crippen LogP contribution in [0.1, 0.15) is 73.9 Å². The lowest BCUT2D eigenvalue weighted by molar-refractivity contribution is -0.150. The molecule has 2 aromatic heterocycles. The monoisotopic (exact) mass is 673 g/mol. The van der Waals surface area contributed by atoms with Gasteiger partial charge >= 0.3 is 19.7 Å². The molecular formula is C29H48N5O11P. The highest BCUT2D eigenvalue weighted by Gasteiger charge is 2.54. The molecule has 1 fully saturated rings. The van der Waals surface area contributed by atoms with Gasteiger partial charge in [0, 0.05) is 0 Å². The molecule has 0 aliphatic carbocycles. The van der Waals surface area contributed by atoms with E-state index in [-0.39, 0.29) is 35.9 Å². The van der Waals surface area contributed by atoms with Crippen LogP contribution >= 0.6 is 7.75 Å². The predicted octanol–water partition coefficient (Wildman–Crippen LogP) is 2.84. The van der Waals surface area contributed by atoms with Crippen molar-refractivity contribution in [1.29, 1.82) is 0 Å². The van der Waals surface area contributed by atoms with Crippen molar-refractivity contribution in [3.63, 3.8) is 0 Å². The molecule has 2 aromatic rings. The number of aromatic nitrogens is 4. The molecule has 1 saturated heterocycles. The molecule has 1 aliphatic rings. The molecule has 0 radical (unpaired) electrons. The maximum atomic E-state index is 14.1. The van der Waals surface area contributed by atoms with Gasteiger partial charge in [-0.3, -0.25) is 18.4 Å². The third-order valence-electron chi connectivity index (χ3n) is 6.79. The highest BCUT2D eigenvalue weighted by Crippen LogP contribution is 2.47. The molecule has 1 aliphatic heterocycles. The molecule has 3 N–H and O–H groups in total. The Morgan fingerprint density at radius 3 is 2.46 bits per heavy atom. The average molecular weight is 674 g/mol. The number of carbonyl (C=O) groups excluding carboxylic acids is 2. The van der Waals surface area contributed by atoms with E-state index in [9.17, 15) is 24.4 Å². The Kier molecular flexibility index (Phi) is 12.3. The van der Waals surface area contributed by atoms with Crippen molar-refractivity contribution in [1.82, 2.24) is 24.6 Å². The van der Waals surface area contributed by atoms with Gasteiger partial charge in [-0.15, -0.1) is 0 Å². The summed E-state index contributed by atoms with van der Waals surface area (Å²) in [6.45, 7) is 14.5. The Morgan fingerprint density at radius 2 is 1.87 bits per heavy atom. The molecule has 6 atom stereocenters. The first-order valence-electron chi connectivity index (χ1n) is 15.1. The van der Waals surface area contributed by atoms with Crippen LogP contribution in [0.2, 0.25) is 0 Å². The molecule has 2 unspecified atom stereocenters. The second-order valence-corrected chi connectivity index (χ2v) is 15.2. The van der Waals surface area contributed by atoms with E-state index in [1.807, 2.05) is 34.6 Å². The summed E-state index contributed by atoms with van der Waals surface area (Å²) in [5.41, 5.74) is -1.62. The number of nitrogens with zero attached hydrogens (tertiary/aromatic N) is 4. The number of esters is 2. The number of carbonyl (C=O) groups is 2. The number of methoxy groups -OCH3 is 1. The third-order valence-corrected chi connectivity index (χ3v) is 8.37. The summed E-state index contributed by atoms with van der Waals surface area (Å²) in [5.74, 6) is -0.927. The minimum absolute atomic E-state index is 0.0330. The van der Waals surface area contributed by atoms with Gasteiger partial charge in [-0.25, -0.2) is 24.4 Å². The van der Waals surface area contributed by atoms with Crippen molar-refractivity contribution in [2.45, 2.75) is 105 Å². The fourth-order valence-corrected chi connectivity index (χ4v) is 6.06. The lowest BCUT2D eigenvalue weighted by Gasteiger charge is -2.28. The van der Waals surface area contributed by atoms with Crippen molar-refractivity contribution < 1.29 is 52.4 Å². The predicted molar refractivity (Wildman–Crippen MR) is 165 cm³/mol. The SMILES string of the molecule is COc1nc(C)nc2c1ncn2[C@@H]1O[C@H](COP(=O)(N[C@@H](CC(C)C)C(=O)OC(C)C)OCC(=O)OCC(C)(C)C)C(O)[C@]1(C)O. The van der Waals surface area contributed by atoms with Gasteiger partial charge in [0.25, 0.3) is 0 Å². The van der Waals surface area contributed by atoms with E-state index in [0.717, 1.165) is 0 Å². The zero-order valence-electron chi connectivity index (χ0n) is 28.2. The maximum Gasteiger partial charge on any atom is 0.406 e. The molecule has 0 amide bonds. The number of rotatable bonds is 15. The van der Waals surface area contributed by atoms with Crippen LogP contribution in [0.4, 0.5) is 0 Å². The standard InChI is InChI=1S/C29H48N5O11P/c1-16(2)11-19(26(37)44-17(3)4)33-46(39,43-13-21(35)41-14-28(6,7)8)42-12-20-23(36)29(9,38)27(45-20)34-15-30-22-24(34)31-18(5)32-25(22)40-10/h15-17,19-20,23,27,36,38H,11-14H2,1-10H3,(H,33,39)/t19-,20+,23?,27+,29-,46?/m0/s1. The minimum Gasteiger partial charge on any atom is -0.479 e. The van der Waals surface area contributed by atoms with Crippen molar-refractivity contribution in [2.75, 3.05) is 26.9 Å². The molecule has 16 nitrogen and oxygen atoms in total. The van der Waals surface area contributed by atoms with Gasteiger partial charge in [0.05, 0.1) is 32.8 Å². The average Bonchev–Trinajstić information content (AvgIpc) is 3.45. The summed E-state index contributed by atoms with van der Waals surface area (Å²) in [4.78, 5) is 38.3. The molecule has 0 aromatic carbocycles. The molecule has 0 bridgehead atoms. The number of nitrogens with one attached hydrogen (secondary N) is 1. The third kappa shape index (κ3) is 9.66. The Morgan fingerprint density at radius 1 is 1.20 bits per heavy atom.